The average molecular weight is 588 g/mol. The largest absolute Gasteiger partial charge is 0.490 e. The Kier molecular flexibility index (Phi) is 11.0. The number of esters is 1. The van der Waals surface area contributed by atoms with Crippen LogP contribution in [0.25, 0.3) is 11.3 Å². The maximum Gasteiger partial charge on any atom is 0.306 e. The number of carbonyl (C=O) groups excluding carboxylic acids is 2. The van der Waals surface area contributed by atoms with Crippen LogP contribution < -0.4 is 9.64 Å². The van der Waals surface area contributed by atoms with Crippen LogP contribution in [0.15, 0.2) is 72.8 Å². The van der Waals surface area contributed by atoms with Gasteiger partial charge in [0.1, 0.15) is 24.8 Å². The number of rotatable bonds is 14. The summed E-state index contributed by atoms with van der Waals surface area (Å²) < 4.78 is 25.6. The van der Waals surface area contributed by atoms with Crippen LogP contribution in [0.3, 0.4) is 0 Å². The summed E-state index contributed by atoms with van der Waals surface area (Å²) in [7, 11) is 0. The van der Waals surface area contributed by atoms with Crippen LogP contribution in [0.5, 0.6) is 5.75 Å². The van der Waals surface area contributed by atoms with E-state index in [9.17, 15) is 19.1 Å². The van der Waals surface area contributed by atoms with E-state index in [2.05, 4.69) is 10.2 Å². The van der Waals surface area contributed by atoms with Gasteiger partial charge in [0.25, 0.3) is 5.91 Å². The van der Waals surface area contributed by atoms with Gasteiger partial charge < -0.3 is 14.6 Å². The first kappa shape index (κ1) is 31.4. The second-order valence-electron chi connectivity index (χ2n) is 10.5. The third kappa shape index (κ3) is 8.51. The Hall–Kier alpha value is -4.50. The van der Waals surface area contributed by atoms with Crippen LogP contribution in [-0.2, 0) is 16.1 Å². The van der Waals surface area contributed by atoms with Crippen molar-refractivity contribution in [3.05, 3.63) is 101 Å². The highest BCUT2D eigenvalue weighted by atomic mass is 19.1. The van der Waals surface area contributed by atoms with E-state index in [1.165, 1.54) is 17.0 Å². The summed E-state index contributed by atoms with van der Waals surface area (Å²) in [4.78, 5) is 26.8. The Bertz CT molecular complexity index is 1500. The molecule has 0 spiro atoms. The molecule has 1 amide bonds. The van der Waals surface area contributed by atoms with Crippen molar-refractivity contribution in [2.45, 2.75) is 59.2 Å². The molecule has 1 atom stereocenters. The van der Waals surface area contributed by atoms with E-state index in [0.29, 0.717) is 23.8 Å². The Labute approximate surface area is 251 Å². The van der Waals surface area contributed by atoms with Gasteiger partial charge in [-0.1, -0.05) is 55.8 Å². The van der Waals surface area contributed by atoms with E-state index in [4.69, 9.17) is 9.47 Å². The minimum absolute atomic E-state index is 0.00241. The van der Waals surface area contributed by atoms with Crippen molar-refractivity contribution < 1.29 is 28.6 Å². The maximum atomic E-state index is 14.4. The molecule has 1 aromatic heterocycles. The van der Waals surface area contributed by atoms with Crippen molar-refractivity contribution >= 4 is 17.7 Å². The third-order valence-corrected chi connectivity index (χ3v) is 7.04. The SMILES string of the molecule is CCCCN(C(=O)c1ccccc1F)c1cc(-c2cc(C)c(OCC(O)CCC(=O)OCc3ccccc3)c(C)c2)[nH]n1. The van der Waals surface area contributed by atoms with Gasteiger partial charge in [-0.25, -0.2) is 4.39 Å². The van der Waals surface area contributed by atoms with Gasteiger partial charge >= 0.3 is 5.97 Å². The molecule has 4 aromatic rings. The number of hydrogen-bond acceptors (Lipinski definition) is 6. The van der Waals surface area contributed by atoms with E-state index in [0.717, 1.165) is 35.1 Å². The number of aliphatic hydroxyl groups excluding tert-OH is 1. The van der Waals surface area contributed by atoms with Gasteiger partial charge in [-0.3, -0.25) is 19.6 Å². The number of aromatic nitrogens is 2. The lowest BCUT2D eigenvalue weighted by atomic mass is 10.0. The summed E-state index contributed by atoms with van der Waals surface area (Å²) in [6.07, 6.45) is 1.09. The Balaban J connectivity index is 1.37. The summed E-state index contributed by atoms with van der Waals surface area (Å²) in [5.41, 5.74) is 4.16. The number of unbranched alkanes of at least 4 members (excludes halogenated alkanes) is 1. The highest BCUT2D eigenvalue weighted by Crippen LogP contribution is 2.31. The summed E-state index contributed by atoms with van der Waals surface area (Å²) in [6, 6.07) is 21.0. The third-order valence-electron chi connectivity index (χ3n) is 7.04. The number of ether oxygens (including phenoxy) is 2. The molecule has 0 saturated carbocycles. The predicted octanol–water partition coefficient (Wildman–Crippen LogP) is 6.54. The highest BCUT2D eigenvalue weighted by Gasteiger charge is 2.23. The van der Waals surface area contributed by atoms with Crippen LogP contribution in [-0.4, -0.2) is 46.4 Å². The Morgan fingerprint density at radius 3 is 2.42 bits per heavy atom. The first-order valence-corrected chi connectivity index (χ1v) is 14.5. The number of H-pyrrole nitrogens is 1. The molecule has 1 unspecified atom stereocenters. The summed E-state index contributed by atoms with van der Waals surface area (Å²) in [5, 5.41) is 17.8. The van der Waals surface area contributed by atoms with E-state index in [-0.39, 0.29) is 37.6 Å². The molecule has 0 saturated heterocycles. The number of nitrogens with one attached hydrogen (secondary N) is 1. The monoisotopic (exact) mass is 587 g/mol. The fraction of sp³-hybridized carbons (Fsp3) is 0.324. The fourth-order valence-electron chi connectivity index (χ4n) is 4.70. The quantitative estimate of drug-likeness (QED) is 0.162. The molecule has 0 fully saturated rings. The number of aliphatic hydroxyl groups is 1. The molecule has 43 heavy (non-hydrogen) atoms. The van der Waals surface area contributed by atoms with E-state index in [1.807, 2.05) is 63.2 Å². The second kappa shape index (κ2) is 15.1. The molecule has 0 aliphatic rings. The molecule has 0 radical (unpaired) electrons. The number of nitrogens with zero attached hydrogens (tertiary/aromatic N) is 2. The highest BCUT2D eigenvalue weighted by molar-refractivity contribution is 6.06. The zero-order valence-corrected chi connectivity index (χ0v) is 24.8. The number of hydrogen-bond donors (Lipinski definition) is 2. The second-order valence-corrected chi connectivity index (χ2v) is 10.5. The van der Waals surface area contributed by atoms with Crippen LogP contribution in [0.2, 0.25) is 0 Å². The molecular weight excluding hydrogens is 549 g/mol. The predicted molar refractivity (Wildman–Crippen MR) is 163 cm³/mol. The number of halogens is 1. The first-order valence-electron chi connectivity index (χ1n) is 14.5. The van der Waals surface area contributed by atoms with Gasteiger partial charge in [-0.2, -0.15) is 5.10 Å². The van der Waals surface area contributed by atoms with Crippen LogP contribution >= 0.6 is 0 Å². The molecule has 8 nitrogen and oxygen atoms in total. The van der Waals surface area contributed by atoms with Gasteiger partial charge in [0.2, 0.25) is 0 Å². The first-order chi connectivity index (χ1) is 20.8. The molecule has 226 valence electrons. The topological polar surface area (TPSA) is 105 Å². The average Bonchev–Trinajstić information content (AvgIpc) is 3.49. The van der Waals surface area contributed by atoms with Crippen LogP contribution in [0.4, 0.5) is 10.2 Å². The van der Waals surface area contributed by atoms with E-state index < -0.39 is 17.8 Å². The fourth-order valence-corrected chi connectivity index (χ4v) is 4.70. The van der Waals surface area contributed by atoms with Crippen molar-refractivity contribution in [1.29, 1.82) is 0 Å². The lowest BCUT2D eigenvalue weighted by Crippen LogP contribution is -2.32. The van der Waals surface area contributed by atoms with Crippen molar-refractivity contribution in [3.8, 4) is 17.0 Å². The van der Waals surface area contributed by atoms with Crippen molar-refractivity contribution in [2.24, 2.45) is 0 Å². The zero-order valence-electron chi connectivity index (χ0n) is 24.8. The lowest BCUT2D eigenvalue weighted by Gasteiger charge is -2.20. The summed E-state index contributed by atoms with van der Waals surface area (Å²) >= 11 is 0. The smallest absolute Gasteiger partial charge is 0.306 e. The van der Waals surface area contributed by atoms with E-state index in [1.54, 1.807) is 18.2 Å². The Morgan fingerprint density at radius 1 is 1.02 bits per heavy atom. The number of aromatic amines is 1. The minimum Gasteiger partial charge on any atom is -0.490 e. The molecule has 1 heterocycles. The molecule has 0 bridgehead atoms. The van der Waals surface area contributed by atoms with Crippen molar-refractivity contribution in [3.63, 3.8) is 0 Å². The molecule has 2 N–H and O–H groups in total. The van der Waals surface area contributed by atoms with Gasteiger partial charge in [0.05, 0.1) is 17.4 Å². The van der Waals surface area contributed by atoms with Gasteiger partial charge in [-0.05, 0) is 67.6 Å². The molecule has 0 aliphatic heterocycles. The van der Waals surface area contributed by atoms with Crippen molar-refractivity contribution in [1.82, 2.24) is 10.2 Å². The van der Waals surface area contributed by atoms with Gasteiger partial charge in [0.15, 0.2) is 5.82 Å². The number of anilines is 1. The van der Waals surface area contributed by atoms with Crippen LogP contribution in [0.1, 0.15) is 59.7 Å². The minimum atomic E-state index is -0.834. The molecule has 4 rings (SSSR count). The molecule has 0 aliphatic carbocycles. The van der Waals surface area contributed by atoms with Gasteiger partial charge in [-0.15, -0.1) is 0 Å². The standard InChI is InChI=1S/C34H38FN3O5/c1-4-5-17-38(34(41)28-13-9-10-14-29(28)35)31-20-30(36-37-31)26-18-23(2)33(24(3)19-26)43-22-27(39)15-16-32(40)42-21-25-11-7-6-8-12-25/h6-14,18-20,27,39H,4-5,15-17,21-22H2,1-3H3,(H,36,37). The number of benzene rings is 3. The normalized spacial score (nSPS) is 11.7. The molecule has 3 aromatic carbocycles. The zero-order chi connectivity index (χ0) is 30.8. The number of carbonyl (C=O) groups is 2. The van der Waals surface area contributed by atoms with E-state index >= 15 is 0 Å². The maximum absolute atomic E-state index is 14.4. The summed E-state index contributed by atoms with van der Waals surface area (Å²) in [6.45, 7) is 6.49. The summed E-state index contributed by atoms with van der Waals surface area (Å²) in [5.74, 6) is -0.322. The van der Waals surface area contributed by atoms with Gasteiger partial charge in [0, 0.05) is 24.6 Å². The van der Waals surface area contributed by atoms with Crippen LogP contribution in [0, 0.1) is 19.7 Å². The Morgan fingerprint density at radius 2 is 1.72 bits per heavy atom. The molecular formula is C34H38FN3O5. The number of aryl methyl sites for hydroxylation is 2. The number of amides is 1. The molecule has 9 heteroatoms. The van der Waals surface area contributed by atoms with Crippen molar-refractivity contribution in [2.75, 3.05) is 18.1 Å². The lowest BCUT2D eigenvalue weighted by molar-refractivity contribution is -0.145.